The first-order valence-corrected chi connectivity index (χ1v) is 6.31. The van der Waals surface area contributed by atoms with E-state index in [4.69, 9.17) is 4.52 Å². The Morgan fingerprint density at radius 1 is 1.15 bits per heavy atom. The molecule has 2 aromatic heterocycles. The van der Waals surface area contributed by atoms with E-state index in [1.165, 1.54) is 6.20 Å². The van der Waals surface area contributed by atoms with Gasteiger partial charge in [0.05, 0.1) is 6.20 Å². The van der Waals surface area contributed by atoms with Gasteiger partial charge in [0.15, 0.2) is 0 Å². The Hall–Kier alpha value is -2.64. The van der Waals surface area contributed by atoms with Crippen LogP contribution in [-0.2, 0) is 0 Å². The fourth-order valence-electron chi connectivity index (χ4n) is 2.03. The highest BCUT2D eigenvalue weighted by Gasteiger charge is 2.22. The molecule has 1 N–H and O–H groups in total. The van der Waals surface area contributed by atoms with Crippen LogP contribution in [0.3, 0.4) is 0 Å². The quantitative estimate of drug-likeness (QED) is 0.872. The highest BCUT2D eigenvalue weighted by Crippen LogP contribution is 2.11. The van der Waals surface area contributed by atoms with E-state index in [0.717, 1.165) is 0 Å². The third-order valence-electron chi connectivity index (χ3n) is 3.07. The van der Waals surface area contributed by atoms with Crippen molar-refractivity contribution < 1.29 is 9.32 Å². The second-order valence-electron chi connectivity index (χ2n) is 4.33. The molecule has 0 atom stereocenters. The minimum absolute atomic E-state index is 0.185. The average molecular weight is 274 g/mol. The van der Waals surface area contributed by atoms with Crippen molar-refractivity contribution in [1.82, 2.24) is 20.0 Å². The van der Waals surface area contributed by atoms with Crippen molar-refractivity contribution in [1.29, 1.82) is 0 Å². The van der Waals surface area contributed by atoms with Crippen molar-refractivity contribution in [2.24, 2.45) is 0 Å². The van der Waals surface area contributed by atoms with Crippen LogP contribution in [0.4, 0.5) is 16.6 Å². The molecule has 0 bridgehead atoms. The predicted molar refractivity (Wildman–Crippen MR) is 71.3 cm³/mol. The van der Waals surface area contributed by atoms with E-state index in [-0.39, 0.29) is 6.03 Å². The van der Waals surface area contributed by atoms with Gasteiger partial charge < -0.3 is 14.3 Å². The molecule has 0 unspecified atom stereocenters. The smallest absolute Gasteiger partial charge is 0.324 e. The van der Waals surface area contributed by atoms with Crippen LogP contribution in [0, 0.1) is 0 Å². The Bertz CT molecular complexity index is 551. The molecule has 104 valence electrons. The van der Waals surface area contributed by atoms with Gasteiger partial charge in [0.2, 0.25) is 11.8 Å². The number of hydrogen-bond acceptors (Lipinski definition) is 6. The molecule has 2 aromatic rings. The minimum atomic E-state index is -0.185. The standard InChI is InChI=1S/C12H14N6O2/c19-12(16-10-2-5-15-20-10)18-8-6-17(7-9-18)11-13-3-1-4-14-11/h1-5H,6-9H2,(H,16,19). The molecule has 1 fully saturated rings. The number of carbonyl (C=O) groups is 1. The fraction of sp³-hybridized carbons (Fsp3) is 0.333. The van der Waals surface area contributed by atoms with Gasteiger partial charge in [-0.2, -0.15) is 0 Å². The van der Waals surface area contributed by atoms with Crippen LogP contribution in [0.1, 0.15) is 0 Å². The molecule has 3 rings (SSSR count). The lowest BCUT2D eigenvalue weighted by atomic mass is 10.3. The Balaban J connectivity index is 1.54. The van der Waals surface area contributed by atoms with Crippen LogP contribution in [0.25, 0.3) is 0 Å². The molecule has 1 saturated heterocycles. The number of carbonyl (C=O) groups excluding carboxylic acids is 1. The number of nitrogens with one attached hydrogen (secondary N) is 1. The lowest BCUT2D eigenvalue weighted by Gasteiger charge is -2.34. The topological polar surface area (TPSA) is 87.4 Å². The number of rotatable bonds is 2. The normalized spacial score (nSPS) is 15.2. The van der Waals surface area contributed by atoms with Gasteiger partial charge in [-0.15, -0.1) is 0 Å². The Morgan fingerprint density at radius 3 is 2.55 bits per heavy atom. The molecule has 8 heteroatoms. The summed E-state index contributed by atoms with van der Waals surface area (Å²) < 4.78 is 4.85. The molecular formula is C12H14N6O2. The lowest BCUT2D eigenvalue weighted by molar-refractivity contribution is 0.207. The van der Waals surface area contributed by atoms with Gasteiger partial charge in [-0.3, -0.25) is 5.32 Å². The van der Waals surface area contributed by atoms with Crippen molar-refractivity contribution in [2.75, 3.05) is 36.4 Å². The molecule has 3 heterocycles. The number of aromatic nitrogens is 3. The van der Waals surface area contributed by atoms with Crippen molar-refractivity contribution in [2.45, 2.75) is 0 Å². The van der Waals surface area contributed by atoms with Gasteiger partial charge >= 0.3 is 6.03 Å². The average Bonchev–Trinajstić information content (AvgIpc) is 3.01. The zero-order chi connectivity index (χ0) is 13.8. The molecule has 20 heavy (non-hydrogen) atoms. The number of hydrogen-bond donors (Lipinski definition) is 1. The van der Waals surface area contributed by atoms with Crippen molar-refractivity contribution >= 4 is 17.9 Å². The summed E-state index contributed by atoms with van der Waals surface area (Å²) in [4.78, 5) is 24.2. The van der Waals surface area contributed by atoms with E-state index in [1.807, 2.05) is 0 Å². The van der Waals surface area contributed by atoms with Gasteiger partial charge in [0.25, 0.3) is 0 Å². The number of urea groups is 1. The summed E-state index contributed by atoms with van der Waals surface area (Å²) in [5.74, 6) is 1.05. The Labute approximate surface area is 115 Å². The van der Waals surface area contributed by atoms with E-state index in [2.05, 4.69) is 25.3 Å². The van der Waals surface area contributed by atoms with Crippen LogP contribution in [0.2, 0.25) is 0 Å². The summed E-state index contributed by atoms with van der Waals surface area (Å²) in [5.41, 5.74) is 0. The van der Waals surface area contributed by atoms with E-state index in [1.54, 1.807) is 29.4 Å². The summed E-state index contributed by atoms with van der Waals surface area (Å²) in [7, 11) is 0. The molecule has 0 saturated carbocycles. The monoisotopic (exact) mass is 274 g/mol. The molecule has 0 aliphatic carbocycles. The van der Waals surface area contributed by atoms with Crippen LogP contribution in [0.5, 0.6) is 0 Å². The zero-order valence-electron chi connectivity index (χ0n) is 10.8. The first-order valence-electron chi connectivity index (χ1n) is 6.31. The third-order valence-corrected chi connectivity index (χ3v) is 3.07. The largest absolute Gasteiger partial charge is 0.338 e. The highest BCUT2D eigenvalue weighted by molar-refractivity contribution is 5.87. The van der Waals surface area contributed by atoms with Crippen LogP contribution >= 0.6 is 0 Å². The summed E-state index contributed by atoms with van der Waals surface area (Å²) >= 11 is 0. The highest BCUT2D eigenvalue weighted by atomic mass is 16.5. The predicted octanol–water partition coefficient (Wildman–Crippen LogP) is 0.819. The second kappa shape index (κ2) is 5.55. The SMILES string of the molecule is O=C(Nc1ccno1)N1CCN(c2ncccn2)CC1. The van der Waals surface area contributed by atoms with E-state index >= 15 is 0 Å². The maximum absolute atomic E-state index is 12.0. The van der Waals surface area contributed by atoms with Gasteiger partial charge in [0.1, 0.15) is 0 Å². The maximum Gasteiger partial charge on any atom is 0.324 e. The first kappa shape index (κ1) is 12.4. The number of anilines is 2. The molecule has 0 spiro atoms. The van der Waals surface area contributed by atoms with Gasteiger partial charge in [0, 0.05) is 44.6 Å². The molecule has 0 radical (unpaired) electrons. The van der Waals surface area contributed by atoms with E-state index < -0.39 is 0 Å². The number of piperazine rings is 1. The molecule has 0 aromatic carbocycles. The Morgan fingerprint density at radius 2 is 1.90 bits per heavy atom. The molecule has 8 nitrogen and oxygen atoms in total. The molecule has 1 aliphatic heterocycles. The summed E-state index contributed by atoms with van der Waals surface area (Å²) in [5, 5.41) is 6.19. The minimum Gasteiger partial charge on any atom is -0.338 e. The van der Waals surface area contributed by atoms with Crippen LogP contribution in [0.15, 0.2) is 35.2 Å². The van der Waals surface area contributed by atoms with Gasteiger partial charge in [-0.05, 0) is 6.07 Å². The first-order chi connectivity index (χ1) is 9.83. The summed E-state index contributed by atoms with van der Waals surface area (Å²) in [6.45, 7) is 2.62. The zero-order valence-corrected chi connectivity index (χ0v) is 10.8. The summed E-state index contributed by atoms with van der Waals surface area (Å²) in [6, 6.07) is 3.20. The molecular weight excluding hydrogens is 260 g/mol. The number of nitrogens with zero attached hydrogens (tertiary/aromatic N) is 5. The van der Waals surface area contributed by atoms with Crippen LogP contribution in [-0.4, -0.2) is 52.2 Å². The lowest BCUT2D eigenvalue weighted by Crippen LogP contribution is -2.50. The van der Waals surface area contributed by atoms with Crippen molar-refractivity contribution in [3.63, 3.8) is 0 Å². The van der Waals surface area contributed by atoms with Gasteiger partial charge in [-0.25, -0.2) is 14.8 Å². The second-order valence-corrected chi connectivity index (χ2v) is 4.33. The molecule has 1 aliphatic rings. The van der Waals surface area contributed by atoms with Gasteiger partial charge in [-0.1, -0.05) is 5.16 Å². The fourth-order valence-corrected chi connectivity index (χ4v) is 2.03. The van der Waals surface area contributed by atoms with Crippen LogP contribution < -0.4 is 10.2 Å². The van der Waals surface area contributed by atoms with E-state index in [9.17, 15) is 4.79 Å². The van der Waals surface area contributed by atoms with Crippen molar-refractivity contribution in [3.05, 3.63) is 30.7 Å². The van der Waals surface area contributed by atoms with Crippen molar-refractivity contribution in [3.8, 4) is 0 Å². The molecule has 2 amide bonds. The summed E-state index contributed by atoms with van der Waals surface area (Å²) in [6.07, 6.45) is 4.91. The Kier molecular flexibility index (Phi) is 3.44. The third kappa shape index (κ3) is 2.68. The van der Waals surface area contributed by atoms with E-state index in [0.29, 0.717) is 38.0 Å². The maximum atomic E-state index is 12.0. The number of amides is 2.